The van der Waals surface area contributed by atoms with Crippen LogP contribution < -0.4 is 19.1 Å². The van der Waals surface area contributed by atoms with Crippen LogP contribution in [0, 0.1) is 0 Å². The molecule has 0 aliphatic heterocycles. The van der Waals surface area contributed by atoms with Crippen LogP contribution in [0.4, 0.5) is 5.69 Å². The highest BCUT2D eigenvalue weighted by Crippen LogP contribution is 2.32. The number of carbonyl (C=O) groups excluding carboxylic acids is 2. The molecule has 0 saturated heterocycles. The van der Waals surface area contributed by atoms with Gasteiger partial charge in [0.15, 0.2) is 11.5 Å². The summed E-state index contributed by atoms with van der Waals surface area (Å²) in [4.78, 5) is 28.7. The molecule has 3 aromatic carbocycles. The van der Waals surface area contributed by atoms with E-state index in [1.54, 1.807) is 12.1 Å². The summed E-state index contributed by atoms with van der Waals surface area (Å²) >= 11 is 6.10. The smallest absolute Gasteiger partial charge is 0.264 e. The molecule has 0 unspecified atom stereocenters. The Morgan fingerprint density at radius 1 is 0.929 bits per heavy atom. The topological polar surface area (TPSA) is 105 Å². The van der Waals surface area contributed by atoms with Crippen LogP contribution in [-0.2, 0) is 26.2 Å². The van der Waals surface area contributed by atoms with Gasteiger partial charge in [-0.1, -0.05) is 62.2 Å². The van der Waals surface area contributed by atoms with Gasteiger partial charge < -0.3 is 19.7 Å². The number of nitrogens with zero attached hydrogens (tertiary/aromatic N) is 2. The maximum Gasteiger partial charge on any atom is 0.264 e. The van der Waals surface area contributed by atoms with Crippen LogP contribution in [0.3, 0.4) is 0 Å². The highest BCUT2D eigenvalue weighted by atomic mass is 35.5. The van der Waals surface area contributed by atoms with Crippen molar-refractivity contribution in [3.05, 3.63) is 83.4 Å². The Morgan fingerprint density at radius 3 is 2.19 bits per heavy atom. The van der Waals surface area contributed by atoms with Crippen LogP contribution in [0.5, 0.6) is 11.5 Å². The Morgan fingerprint density at radius 2 is 1.60 bits per heavy atom. The normalized spacial score (nSPS) is 11.8. The summed E-state index contributed by atoms with van der Waals surface area (Å²) in [6.45, 7) is 3.92. The number of anilines is 1. The van der Waals surface area contributed by atoms with Crippen LogP contribution in [0.25, 0.3) is 0 Å². The average Bonchev–Trinajstić information content (AvgIpc) is 3.00. The lowest BCUT2D eigenvalue weighted by Crippen LogP contribution is -2.52. The number of ether oxygens (including phenoxy) is 2. The highest BCUT2D eigenvalue weighted by molar-refractivity contribution is 7.92. The molecule has 2 amide bonds. The minimum Gasteiger partial charge on any atom is -0.493 e. The molecule has 3 aromatic rings. The lowest BCUT2D eigenvalue weighted by atomic mass is 10.1. The first-order valence-corrected chi connectivity index (χ1v) is 15.6. The largest absolute Gasteiger partial charge is 0.493 e. The van der Waals surface area contributed by atoms with E-state index in [9.17, 15) is 18.0 Å². The van der Waals surface area contributed by atoms with Crippen LogP contribution in [0.1, 0.15) is 38.7 Å². The van der Waals surface area contributed by atoms with Crippen LogP contribution in [0.15, 0.2) is 77.7 Å². The lowest BCUT2D eigenvalue weighted by molar-refractivity contribution is -0.140. The number of benzene rings is 3. The van der Waals surface area contributed by atoms with E-state index in [1.165, 1.54) is 49.5 Å². The number of unbranched alkanes of at least 4 members (excludes halogenated alkanes) is 1. The van der Waals surface area contributed by atoms with Crippen LogP contribution in [0.2, 0.25) is 5.02 Å². The van der Waals surface area contributed by atoms with Gasteiger partial charge in [0.2, 0.25) is 11.8 Å². The molecule has 0 aliphatic rings. The molecular weight excluding hydrogens is 578 g/mol. The predicted molar refractivity (Wildman–Crippen MR) is 165 cm³/mol. The first-order chi connectivity index (χ1) is 20.2. The number of carbonyl (C=O) groups is 2. The first kappa shape index (κ1) is 32.8. The fourth-order valence-electron chi connectivity index (χ4n) is 4.45. The van der Waals surface area contributed by atoms with Gasteiger partial charge in [-0.3, -0.25) is 13.9 Å². The molecule has 0 aliphatic carbocycles. The molecule has 0 saturated carbocycles. The fourth-order valence-corrected chi connectivity index (χ4v) is 6.00. The SMILES string of the molecule is CCCCNC(=O)[C@@H](CC)N(Cc1ccccc1)C(=O)CN(c1ccc(Cl)cc1)S(=O)(=O)c1ccc(OC)c(OC)c1. The number of methoxy groups -OCH3 is 2. The molecule has 0 fully saturated rings. The minimum atomic E-state index is -4.29. The van der Waals surface area contributed by atoms with E-state index in [0.717, 1.165) is 22.7 Å². The second kappa shape index (κ2) is 15.5. The summed E-state index contributed by atoms with van der Waals surface area (Å²) in [5.74, 6) is -0.229. The molecule has 0 aromatic heterocycles. The van der Waals surface area contributed by atoms with Crippen molar-refractivity contribution in [3.8, 4) is 11.5 Å². The Labute approximate surface area is 253 Å². The van der Waals surface area contributed by atoms with Gasteiger partial charge in [0.1, 0.15) is 12.6 Å². The third kappa shape index (κ3) is 8.17. The first-order valence-electron chi connectivity index (χ1n) is 13.8. The molecule has 0 bridgehead atoms. The van der Waals surface area contributed by atoms with Crippen molar-refractivity contribution in [1.29, 1.82) is 0 Å². The van der Waals surface area contributed by atoms with Crippen molar-refractivity contribution in [2.75, 3.05) is 31.6 Å². The third-order valence-corrected chi connectivity index (χ3v) is 8.77. The molecule has 11 heteroatoms. The van der Waals surface area contributed by atoms with Gasteiger partial charge in [0.25, 0.3) is 10.0 Å². The number of amides is 2. The van der Waals surface area contributed by atoms with Gasteiger partial charge in [-0.25, -0.2) is 8.42 Å². The standard InChI is InChI=1S/C31H38ClN3O6S/c1-5-7-19-33-31(37)27(6-2)34(21-23-11-9-8-10-12-23)30(36)22-35(25-15-13-24(32)14-16-25)42(38,39)26-17-18-28(40-3)29(20-26)41-4/h8-18,20,27H,5-7,19,21-22H2,1-4H3,(H,33,37)/t27-/m1/s1. The summed E-state index contributed by atoms with van der Waals surface area (Å²) in [6, 6.07) is 18.9. The highest BCUT2D eigenvalue weighted by Gasteiger charge is 2.34. The van der Waals surface area contributed by atoms with Crippen LogP contribution >= 0.6 is 11.6 Å². The van der Waals surface area contributed by atoms with E-state index >= 15 is 0 Å². The Kier molecular flexibility index (Phi) is 12.1. The van der Waals surface area contributed by atoms with E-state index in [1.807, 2.05) is 44.2 Å². The summed E-state index contributed by atoms with van der Waals surface area (Å²) in [6.07, 6.45) is 2.07. The van der Waals surface area contributed by atoms with Gasteiger partial charge in [0, 0.05) is 24.2 Å². The summed E-state index contributed by atoms with van der Waals surface area (Å²) < 4.78 is 39.8. The Hall–Kier alpha value is -3.76. The van der Waals surface area contributed by atoms with E-state index in [2.05, 4.69) is 5.32 Å². The molecule has 0 spiro atoms. The molecule has 0 radical (unpaired) electrons. The van der Waals surface area contributed by atoms with Crippen molar-refractivity contribution in [2.45, 2.75) is 50.6 Å². The van der Waals surface area contributed by atoms with E-state index < -0.39 is 28.5 Å². The van der Waals surface area contributed by atoms with Gasteiger partial charge in [-0.05, 0) is 54.8 Å². The van der Waals surface area contributed by atoms with Gasteiger partial charge in [0.05, 0.1) is 24.8 Å². The van der Waals surface area contributed by atoms with Crippen LogP contribution in [-0.4, -0.2) is 58.5 Å². The fraction of sp³-hybridized carbons (Fsp3) is 0.355. The number of sulfonamides is 1. The number of hydrogen-bond acceptors (Lipinski definition) is 6. The molecule has 9 nitrogen and oxygen atoms in total. The monoisotopic (exact) mass is 615 g/mol. The minimum absolute atomic E-state index is 0.0955. The predicted octanol–water partition coefficient (Wildman–Crippen LogP) is 5.28. The van der Waals surface area contributed by atoms with E-state index in [0.29, 0.717) is 23.7 Å². The third-order valence-electron chi connectivity index (χ3n) is 6.75. The van der Waals surface area contributed by atoms with E-state index in [4.69, 9.17) is 21.1 Å². The quantitative estimate of drug-likeness (QED) is 0.233. The molecule has 0 heterocycles. The summed E-state index contributed by atoms with van der Waals surface area (Å²) in [7, 11) is -1.43. The number of hydrogen-bond donors (Lipinski definition) is 1. The summed E-state index contributed by atoms with van der Waals surface area (Å²) in [5, 5.41) is 3.33. The maximum absolute atomic E-state index is 14.1. The van der Waals surface area contributed by atoms with Gasteiger partial charge in [-0.2, -0.15) is 0 Å². The van der Waals surface area contributed by atoms with Gasteiger partial charge >= 0.3 is 0 Å². The zero-order valence-corrected chi connectivity index (χ0v) is 26.0. The van der Waals surface area contributed by atoms with Crippen molar-refractivity contribution in [2.24, 2.45) is 0 Å². The zero-order valence-electron chi connectivity index (χ0n) is 24.4. The number of rotatable bonds is 15. The van der Waals surface area contributed by atoms with Crippen molar-refractivity contribution < 1.29 is 27.5 Å². The Balaban J connectivity index is 2.05. The molecule has 226 valence electrons. The molecular formula is C31H38ClN3O6S. The van der Waals surface area contributed by atoms with Gasteiger partial charge in [-0.15, -0.1) is 0 Å². The Bertz CT molecular complexity index is 1430. The zero-order chi connectivity index (χ0) is 30.7. The van der Waals surface area contributed by atoms with Crippen molar-refractivity contribution >= 4 is 39.1 Å². The second-order valence-electron chi connectivity index (χ2n) is 9.58. The molecule has 3 rings (SSSR count). The van der Waals surface area contributed by atoms with E-state index in [-0.39, 0.29) is 28.8 Å². The molecule has 42 heavy (non-hydrogen) atoms. The average molecular weight is 616 g/mol. The molecule has 1 N–H and O–H groups in total. The lowest BCUT2D eigenvalue weighted by Gasteiger charge is -2.33. The van der Waals surface area contributed by atoms with Crippen molar-refractivity contribution in [3.63, 3.8) is 0 Å². The van der Waals surface area contributed by atoms with Crippen molar-refractivity contribution in [1.82, 2.24) is 10.2 Å². The molecule has 1 atom stereocenters. The number of nitrogens with one attached hydrogen (secondary N) is 1. The summed E-state index contributed by atoms with van der Waals surface area (Å²) in [5.41, 5.74) is 1.05. The maximum atomic E-state index is 14.1. The second-order valence-corrected chi connectivity index (χ2v) is 11.9. The number of halogens is 1.